The maximum Gasteiger partial charge on any atom is 0.339 e. The van der Waals surface area contributed by atoms with E-state index in [0.29, 0.717) is 58.3 Å². The molecule has 0 fully saturated rings. The molecular formula is C27H24BrNO7S. The highest BCUT2D eigenvalue weighted by Crippen LogP contribution is 2.51. The van der Waals surface area contributed by atoms with Gasteiger partial charge >= 0.3 is 16.1 Å². The Morgan fingerprint density at radius 3 is 2.11 bits per heavy atom. The van der Waals surface area contributed by atoms with Crippen molar-refractivity contribution in [3.8, 4) is 5.75 Å². The molecular weight excluding hydrogens is 562 g/mol. The molecule has 1 N–H and O–H groups in total. The minimum Gasteiger partial charge on any atom is -0.480 e. The lowest BCUT2D eigenvalue weighted by molar-refractivity contribution is -0.138. The Morgan fingerprint density at radius 2 is 1.54 bits per heavy atom. The Kier molecular flexibility index (Phi) is 6.80. The van der Waals surface area contributed by atoms with Gasteiger partial charge in [0.1, 0.15) is 17.2 Å². The largest absolute Gasteiger partial charge is 0.480 e. The van der Waals surface area contributed by atoms with E-state index in [9.17, 15) is 27.9 Å². The first kappa shape index (κ1) is 25.4. The summed E-state index contributed by atoms with van der Waals surface area (Å²) in [5, 5.41) is 9.63. The molecule has 192 valence electrons. The highest BCUT2D eigenvalue weighted by Gasteiger charge is 2.45. The summed E-state index contributed by atoms with van der Waals surface area (Å²) in [5.74, 6) is -2.26. The summed E-state index contributed by atoms with van der Waals surface area (Å²) in [4.78, 5) is 40.2. The predicted octanol–water partition coefficient (Wildman–Crippen LogP) is 4.71. The topological polar surface area (TPSA) is 118 Å². The zero-order valence-electron chi connectivity index (χ0n) is 19.8. The highest BCUT2D eigenvalue weighted by atomic mass is 79.9. The molecule has 0 bridgehead atoms. The molecule has 2 aliphatic carbocycles. The van der Waals surface area contributed by atoms with Crippen LogP contribution < -0.4 is 4.18 Å². The average molecular weight is 586 g/mol. The maximum atomic E-state index is 13.4. The number of benzene rings is 2. The Balaban J connectivity index is 1.72. The van der Waals surface area contributed by atoms with Gasteiger partial charge in [0.15, 0.2) is 11.6 Å². The van der Waals surface area contributed by atoms with Crippen molar-refractivity contribution in [3.05, 3.63) is 81.1 Å². The minimum atomic E-state index is -4.21. The number of carboxylic acids is 1. The van der Waals surface area contributed by atoms with E-state index in [1.54, 1.807) is 35.2 Å². The molecule has 0 amide bonds. The molecule has 10 heteroatoms. The molecule has 1 aliphatic heterocycles. The maximum absolute atomic E-state index is 13.4. The van der Waals surface area contributed by atoms with Crippen LogP contribution in [0.15, 0.2) is 80.4 Å². The SMILES string of the molecule is O=C(O)CN1C2=C(C(=O)CCC2)C(c2cc(Br)ccc2OS(=O)(=O)c2ccccc2)C2=C1CCCC2=O. The molecule has 3 aliphatic rings. The molecule has 0 saturated carbocycles. The third-order valence-electron chi connectivity index (χ3n) is 6.89. The third-order valence-corrected chi connectivity index (χ3v) is 8.64. The summed E-state index contributed by atoms with van der Waals surface area (Å²) in [6.45, 7) is -0.352. The van der Waals surface area contributed by atoms with E-state index < -0.39 is 22.0 Å². The summed E-state index contributed by atoms with van der Waals surface area (Å²) in [6, 6.07) is 12.5. The van der Waals surface area contributed by atoms with Crippen LogP contribution in [-0.4, -0.2) is 42.5 Å². The standard InChI is InChI=1S/C27H24BrNO7S/c28-16-12-13-23(36-37(34,35)17-6-2-1-3-7-17)18(14-16)25-26-19(8-4-10-21(26)30)29(15-24(32)33)20-9-5-11-22(31)27(20)25/h1-3,6-7,12-14,25H,4-5,8-11,15H2,(H,32,33). The van der Waals surface area contributed by atoms with Crippen LogP contribution in [0.3, 0.4) is 0 Å². The average Bonchev–Trinajstić information content (AvgIpc) is 2.86. The van der Waals surface area contributed by atoms with E-state index in [0.717, 1.165) is 0 Å². The molecule has 0 radical (unpaired) electrons. The number of aliphatic carboxylic acids is 1. The molecule has 0 saturated heterocycles. The Bertz CT molecular complexity index is 1430. The number of hydrogen-bond acceptors (Lipinski definition) is 7. The molecule has 1 heterocycles. The van der Waals surface area contributed by atoms with E-state index in [4.69, 9.17) is 4.18 Å². The monoisotopic (exact) mass is 585 g/mol. The zero-order valence-corrected chi connectivity index (χ0v) is 22.2. The molecule has 0 atom stereocenters. The molecule has 8 nitrogen and oxygen atoms in total. The van der Waals surface area contributed by atoms with E-state index >= 15 is 0 Å². The highest BCUT2D eigenvalue weighted by molar-refractivity contribution is 9.10. The van der Waals surface area contributed by atoms with Gasteiger partial charge in [0, 0.05) is 51.3 Å². The first-order valence-corrected chi connectivity index (χ1v) is 14.2. The van der Waals surface area contributed by atoms with Crippen molar-refractivity contribution < 1.29 is 32.1 Å². The number of carbonyl (C=O) groups is 3. The molecule has 5 rings (SSSR count). The summed E-state index contributed by atoms with van der Waals surface area (Å²) in [7, 11) is -4.21. The molecule has 37 heavy (non-hydrogen) atoms. The lowest BCUT2D eigenvalue weighted by Gasteiger charge is -2.43. The van der Waals surface area contributed by atoms with Crippen LogP contribution in [0.5, 0.6) is 5.75 Å². The van der Waals surface area contributed by atoms with Crippen LogP contribution in [0.25, 0.3) is 0 Å². The number of ketones is 2. The van der Waals surface area contributed by atoms with Crippen molar-refractivity contribution in [2.24, 2.45) is 0 Å². The normalized spacial score (nSPS) is 18.6. The number of halogens is 1. The molecule has 2 aromatic carbocycles. The van der Waals surface area contributed by atoms with Gasteiger partial charge in [0.2, 0.25) is 0 Å². The van der Waals surface area contributed by atoms with Crippen LogP contribution in [0.1, 0.15) is 50.0 Å². The zero-order chi connectivity index (χ0) is 26.3. The van der Waals surface area contributed by atoms with Crippen LogP contribution >= 0.6 is 15.9 Å². The lowest BCUT2D eigenvalue weighted by Crippen LogP contribution is -2.41. The summed E-state index contributed by atoms with van der Waals surface area (Å²) in [6.07, 6.45) is 2.65. The molecule has 0 aromatic heterocycles. The van der Waals surface area contributed by atoms with Gasteiger partial charge in [-0.3, -0.25) is 14.4 Å². The second kappa shape index (κ2) is 9.90. The molecule has 0 spiro atoms. The Morgan fingerprint density at radius 1 is 0.946 bits per heavy atom. The lowest BCUT2D eigenvalue weighted by atomic mass is 9.70. The third kappa shape index (κ3) is 4.75. The summed E-state index contributed by atoms with van der Waals surface area (Å²) in [5.41, 5.74) is 2.25. The van der Waals surface area contributed by atoms with Crippen molar-refractivity contribution in [1.82, 2.24) is 4.90 Å². The Labute approximate surface area is 222 Å². The molecule has 0 unspecified atom stereocenters. The second-order valence-corrected chi connectivity index (χ2v) is 11.7. The van der Waals surface area contributed by atoms with Crippen LogP contribution in [-0.2, 0) is 24.5 Å². The summed E-state index contributed by atoms with van der Waals surface area (Å²) < 4.78 is 32.5. The van der Waals surface area contributed by atoms with Crippen molar-refractivity contribution in [2.75, 3.05) is 6.54 Å². The fourth-order valence-corrected chi connectivity index (χ4v) is 6.78. The van der Waals surface area contributed by atoms with Gasteiger partial charge in [-0.05, 0) is 56.0 Å². The van der Waals surface area contributed by atoms with Gasteiger partial charge < -0.3 is 14.2 Å². The number of allylic oxidation sites excluding steroid dienone is 4. The van der Waals surface area contributed by atoms with E-state index in [2.05, 4.69) is 15.9 Å². The summed E-state index contributed by atoms with van der Waals surface area (Å²) >= 11 is 3.44. The van der Waals surface area contributed by atoms with E-state index in [1.807, 2.05) is 0 Å². The first-order valence-electron chi connectivity index (χ1n) is 12.0. The molecule has 2 aromatic rings. The van der Waals surface area contributed by atoms with E-state index in [-0.39, 0.29) is 41.6 Å². The smallest absolute Gasteiger partial charge is 0.339 e. The van der Waals surface area contributed by atoms with Crippen LogP contribution in [0, 0.1) is 0 Å². The Hall–Kier alpha value is -3.24. The number of nitrogens with zero attached hydrogens (tertiary/aromatic N) is 1. The fraction of sp³-hybridized carbons (Fsp3) is 0.296. The van der Waals surface area contributed by atoms with Crippen LogP contribution in [0.2, 0.25) is 0 Å². The fourth-order valence-electron chi connectivity index (χ4n) is 5.43. The number of carbonyl (C=O) groups excluding carboxylic acids is 2. The second-order valence-electron chi connectivity index (χ2n) is 9.22. The number of hydrogen-bond donors (Lipinski definition) is 1. The van der Waals surface area contributed by atoms with Gasteiger partial charge in [0.25, 0.3) is 0 Å². The first-order chi connectivity index (χ1) is 17.7. The van der Waals surface area contributed by atoms with Gasteiger partial charge in [0.05, 0.1) is 0 Å². The van der Waals surface area contributed by atoms with Crippen molar-refractivity contribution >= 4 is 43.6 Å². The van der Waals surface area contributed by atoms with Crippen molar-refractivity contribution in [1.29, 1.82) is 0 Å². The number of rotatable bonds is 6. The van der Waals surface area contributed by atoms with Gasteiger partial charge in [-0.1, -0.05) is 34.1 Å². The van der Waals surface area contributed by atoms with Crippen LogP contribution in [0.4, 0.5) is 0 Å². The predicted molar refractivity (Wildman–Crippen MR) is 137 cm³/mol. The van der Waals surface area contributed by atoms with E-state index in [1.165, 1.54) is 18.2 Å². The van der Waals surface area contributed by atoms with Gasteiger partial charge in [-0.15, -0.1) is 0 Å². The number of Topliss-reactive ketones (excluding diaryl/α,β-unsaturated/α-hetero) is 2. The minimum absolute atomic E-state index is 0.0131. The van der Waals surface area contributed by atoms with Crippen molar-refractivity contribution in [2.45, 2.75) is 49.3 Å². The number of carboxylic acid groups (broad SMARTS) is 1. The van der Waals surface area contributed by atoms with Gasteiger partial charge in [-0.2, -0.15) is 8.42 Å². The van der Waals surface area contributed by atoms with Gasteiger partial charge in [-0.25, -0.2) is 0 Å². The van der Waals surface area contributed by atoms with Crippen molar-refractivity contribution in [3.63, 3.8) is 0 Å². The quantitative estimate of drug-likeness (QED) is 0.484.